The molecule has 1 aliphatic rings. The minimum atomic E-state index is -4.86. The van der Waals surface area contributed by atoms with E-state index in [0.29, 0.717) is 22.2 Å². The van der Waals surface area contributed by atoms with Crippen molar-refractivity contribution in [3.05, 3.63) is 65.7 Å². The fourth-order valence-electron chi connectivity index (χ4n) is 2.55. The van der Waals surface area contributed by atoms with E-state index in [1.54, 1.807) is 36.4 Å². The summed E-state index contributed by atoms with van der Waals surface area (Å²) in [4.78, 5) is 9.80. The highest BCUT2D eigenvalue weighted by molar-refractivity contribution is 8.00. The highest BCUT2D eigenvalue weighted by Crippen LogP contribution is 2.54. The average Bonchev–Trinajstić information content (AvgIpc) is 2.61. The summed E-state index contributed by atoms with van der Waals surface area (Å²) in [5.41, 5.74) is -0.191. The maximum Gasteiger partial charge on any atom is 0.443 e. The molecular weight excluding hydrogens is 365 g/mol. The first-order chi connectivity index (χ1) is 12.4. The maximum absolute atomic E-state index is 14.2. The summed E-state index contributed by atoms with van der Waals surface area (Å²) < 4.78 is 53.0. The molecule has 26 heavy (non-hydrogen) atoms. The molecule has 0 amide bonds. The van der Waals surface area contributed by atoms with Gasteiger partial charge in [-0.15, -0.1) is 0 Å². The lowest BCUT2D eigenvalue weighted by molar-refractivity contribution is -0.201. The van der Waals surface area contributed by atoms with E-state index >= 15 is 0 Å². The molecule has 0 saturated carbocycles. The normalized spacial score (nSPS) is 19.2. The number of alkyl halides is 3. The molecule has 0 aliphatic carbocycles. The van der Waals surface area contributed by atoms with Crippen LogP contribution in [0.15, 0.2) is 65.1 Å². The minimum absolute atomic E-state index is 0.0399. The average molecular weight is 380 g/mol. The van der Waals surface area contributed by atoms with Crippen molar-refractivity contribution in [3.63, 3.8) is 0 Å². The van der Waals surface area contributed by atoms with Crippen LogP contribution >= 0.6 is 11.8 Å². The number of ether oxygens (including phenoxy) is 2. The van der Waals surface area contributed by atoms with Gasteiger partial charge in [-0.05, 0) is 31.2 Å². The number of carbonyl (C=O) groups excluding carboxylic acids is 1. The third-order valence-corrected chi connectivity index (χ3v) is 5.03. The van der Waals surface area contributed by atoms with Crippen molar-refractivity contribution < 1.29 is 27.4 Å². The third kappa shape index (κ3) is 3.31. The molecule has 1 heterocycles. The number of para-hydroxylation sites is 1. The van der Waals surface area contributed by atoms with E-state index in [1.807, 2.05) is 0 Å². The maximum atomic E-state index is 14.2. The Bertz CT molecular complexity index is 833. The molecule has 2 aromatic carbocycles. The molecule has 0 aromatic heterocycles. The molecule has 0 saturated heterocycles. The topological polar surface area (TPSA) is 35.5 Å². The van der Waals surface area contributed by atoms with E-state index in [-0.39, 0.29) is 12.4 Å². The van der Waals surface area contributed by atoms with Gasteiger partial charge in [0.1, 0.15) is 11.3 Å². The zero-order valence-electron chi connectivity index (χ0n) is 13.7. The zero-order valence-corrected chi connectivity index (χ0v) is 14.6. The molecule has 0 fully saturated rings. The number of benzene rings is 2. The predicted molar refractivity (Wildman–Crippen MR) is 92.8 cm³/mol. The van der Waals surface area contributed by atoms with E-state index in [0.717, 1.165) is 0 Å². The van der Waals surface area contributed by atoms with Crippen molar-refractivity contribution >= 4 is 23.8 Å². The van der Waals surface area contributed by atoms with Gasteiger partial charge in [-0.3, -0.25) is 0 Å². The standard InChI is InChI=1S/C19H15F3O3S/c1-2-24-17(23)15-12-13-8-6-7-11-16(13)25-18(15,19(20,21)22)26-14-9-4-3-5-10-14/h3-12H,2H2,1H3. The van der Waals surface area contributed by atoms with Crippen LogP contribution in [-0.4, -0.2) is 23.7 Å². The number of carbonyl (C=O) groups is 1. The van der Waals surface area contributed by atoms with Gasteiger partial charge in [0.25, 0.3) is 4.93 Å². The predicted octanol–water partition coefficient (Wildman–Crippen LogP) is 5.08. The van der Waals surface area contributed by atoms with Crippen molar-refractivity contribution in [2.24, 2.45) is 0 Å². The van der Waals surface area contributed by atoms with Gasteiger partial charge in [-0.1, -0.05) is 48.2 Å². The molecular formula is C19H15F3O3S. The first kappa shape index (κ1) is 18.4. The van der Waals surface area contributed by atoms with Crippen molar-refractivity contribution in [1.82, 2.24) is 0 Å². The summed E-state index contributed by atoms with van der Waals surface area (Å²) in [6.07, 6.45) is -3.67. The number of fused-ring (bicyclic) bond motifs is 1. The summed E-state index contributed by atoms with van der Waals surface area (Å²) in [6, 6.07) is 14.3. The van der Waals surface area contributed by atoms with Crippen molar-refractivity contribution in [2.75, 3.05) is 6.61 Å². The molecule has 1 atom stereocenters. The summed E-state index contributed by atoms with van der Waals surface area (Å²) in [7, 11) is 0. The second kappa shape index (κ2) is 7.07. The van der Waals surface area contributed by atoms with Gasteiger partial charge >= 0.3 is 12.1 Å². The van der Waals surface area contributed by atoms with E-state index in [4.69, 9.17) is 9.47 Å². The van der Waals surface area contributed by atoms with Gasteiger partial charge in [0.15, 0.2) is 0 Å². The largest absolute Gasteiger partial charge is 0.462 e. The summed E-state index contributed by atoms with van der Waals surface area (Å²) in [5, 5.41) is 0. The number of hydrogen-bond acceptors (Lipinski definition) is 4. The second-order valence-electron chi connectivity index (χ2n) is 5.45. The minimum Gasteiger partial charge on any atom is -0.462 e. The van der Waals surface area contributed by atoms with Crippen molar-refractivity contribution in [3.8, 4) is 5.75 Å². The SMILES string of the molecule is CCOC(=O)C1=Cc2ccccc2OC1(Sc1ccccc1)C(F)(F)F. The Kier molecular flexibility index (Phi) is 5.00. The smallest absolute Gasteiger partial charge is 0.443 e. The number of thioether (sulfide) groups is 1. The molecule has 1 unspecified atom stereocenters. The molecule has 0 radical (unpaired) electrons. The Morgan fingerprint density at radius 2 is 1.77 bits per heavy atom. The van der Waals surface area contributed by atoms with Crippen LogP contribution in [0.3, 0.4) is 0 Å². The van der Waals surface area contributed by atoms with Crippen LogP contribution in [0.25, 0.3) is 6.08 Å². The molecule has 3 nitrogen and oxygen atoms in total. The number of rotatable bonds is 4. The molecule has 0 spiro atoms. The third-order valence-electron chi connectivity index (χ3n) is 3.70. The van der Waals surface area contributed by atoms with Gasteiger partial charge in [0, 0.05) is 10.5 Å². The number of halogens is 3. The van der Waals surface area contributed by atoms with E-state index in [9.17, 15) is 18.0 Å². The lowest BCUT2D eigenvalue weighted by Gasteiger charge is -2.39. The fourth-order valence-corrected chi connectivity index (χ4v) is 3.68. The first-order valence-corrected chi connectivity index (χ1v) is 8.67. The van der Waals surface area contributed by atoms with Gasteiger partial charge in [0.2, 0.25) is 0 Å². The highest BCUT2D eigenvalue weighted by atomic mass is 32.2. The van der Waals surface area contributed by atoms with Crippen LogP contribution in [-0.2, 0) is 9.53 Å². The number of hydrogen-bond donors (Lipinski definition) is 0. The van der Waals surface area contributed by atoms with Crippen LogP contribution in [0, 0.1) is 0 Å². The van der Waals surface area contributed by atoms with Crippen molar-refractivity contribution in [1.29, 1.82) is 0 Å². The lowest BCUT2D eigenvalue weighted by Crippen LogP contribution is -2.52. The Hall–Kier alpha value is -2.41. The van der Waals surface area contributed by atoms with Crippen LogP contribution in [0.1, 0.15) is 12.5 Å². The molecule has 7 heteroatoms. The van der Waals surface area contributed by atoms with Crippen LogP contribution < -0.4 is 4.74 Å². The molecule has 0 bridgehead atoms. The molecule has 3 rings (SSSR count). The molecule has 2 aromatic rings. The van der Waals surface area contributed by atoms with Gasteiger partial charge in [-0.25, -0.2) is 4.79 Å². The monoisotopic (exact) mass is 380 g/mol. The number of esters is 1. The quantitative estimate of drug-likeness (QED) is 0.694. The summed E-state index contributed by atoms with van der Waals surface area (Å²) in [5.74, 6) is -0.996. The van der Waals surface area contributed by atoms with E-state index < -0.39 is 22.7 Å². The van der Waals surface area contributed by atoms with Gasteiger partial charge in [0.05, 0.1) is 6.61 Å². The zero-order chi connectivity index (χ0) is 18.8. The molecule has 1 aliphatic heterocycles. The second-order valence-corrected chi connectivity index (χ2v) is 6.70. The van der Waals surface area contributed by atoms with Gasteiger partial charge in [-0.2, -0.15) is 13.2 Å². The van der Waals surface area contributed by atoms with Crippen LogP contribution in [0.2, 0.25) is 0 Å². The highest BCUT2D eigenvalue weighted by Gasteiger charge is 2.64. The van der Waals surface area contributed by atoms with E-state index in [2.05, 4.69) is 0 Å². The summed E-state index contributed by atoms with van der Waals surface area (Å²) >= 11 is 0.428. The Labute approximate surface area is 152 Å². The van der Waals surface area contributed by atoms with Crippen molar-refractivity contribution in [2.45, 2.75) is 22.9 Å². The van der Waals surface area contributed by atoms with E-state index in [1.165, 1.54) is 31.2 Å². The van der Waals surface area contributed by atoms with Gasteiger partial charge < -0.3 is 9.47 Å². The molecule has 136 valence electrons. The Morgan fingerprint density at radius 3 is 2.42 bits per heavy atom. The van der Waals surface area contributed by atoms with Crippen LogP contribution in [0.5, 0.6) is 5.75 Å². The Balaban J connectivity index is 2.18. The fraction of sp³-hybridized carbons (Fsp3) is 0.211. The first-order valence-electron chi connectivity index (χ1n) is 7.85. The lowest BCUT2D eigenvalue weighted by atomic mass is 10.0. The summed E-state index contributed by atoms with van der Waals surface area (Å²) in [6.45, 7) is 1.50. The van der Waals surface area contributed by atoms with Crippen LogP contribution in [0.4, 0.5) is 13.2 Å². The Morgan fingerprint density at radius 1 is 1.12 bits per heavy atom. The molecule has 0 N–H and O–H groups in total.